The number of thiocarbonyl (C=S) groups is 1. The van der Waals surface area contributed by atoms with Crippen LogP contribution < -0.4 is 5.32 Å². The van der Waals surface area contributed by atoms with Crippen LogP contribution in [0.25, 0.3) is 17.2 Å². The van der Waals surface area contributed by atoms with Crippen molar-refractivity contribution in [1.29, 1.82) is 0 Å². The van der Waals surface area contributed by atoms with E-state index in [1.54, 1.807) is 0 Å². The number of rotatable bonds is 2. The van der Waals surface area contributed by atoms with Crippen molar-refractivity contribution in [2.75, 3.05) is 0 Å². The average Bonchev–Trinajstić information content (AvgIpc) is 2.78. The Kier molecular flexibility index (Phi) is 3.90. The quantitative estimate of drug-likeness (QED) is 0.667. The van der Waals surface area contributed by atoms with E-state index in [9.17, 15) is 4.79 Å². The fourth-order valence-electron chi connectivity index (χ4n) is 2.13. The molecule has 0 saturated carbocycles. The molecule has 1 amide bonds. The second-order valence-electron chi connectivity index (χ2n) is 4.84. The number of hydrogen-bond acceptors (Lipinski definition) is 3. The average molecular weight is 311 g/mol. The molecule has 0 bridgehead atoms. The lowest BCUT2D eigenvalue weighted by Crippen LogP contribution is -2.17. The predicted octanol–water partition coefficient (Wildman–Crippen LogP) is 4.15. The van der Waals surface area contributed by atoms with Gasteiger partial charge in [-0.15, -0.1) is 0 Å². The molecule has 4 heteroatoms. The highest BCUT2D eigenvalue weighted by atomic mass is 32.2. The Bertz CT molecular complexity index is 748. The van der Waals surface area contributed by atoms with Crippen LogP contribution in [0.1, 0.15) is 11.1 Å². The maximum absolute atomic E-state index is 11.7. The van der Waals surface area contributed by atoms with E-state index < -0.39 is 0 Å². The van der Waals surface area contributed by atoms with Gasteiger partial charge in [-0.05, 0) is 35.8 Å². The van der Waals surface area contributed by atoms with Gasteiger partial charge in [0.1, 0.15) is 4.32 Å². The number of carbonyl (C=O) groups is 1. The smallest absolute Gasteiger partial charge is 0.263 e. The zero-order valence-electron chi connectivity index (χ0n) is 11.4. The first-order valence-electron chi connectivity index (χ1n) is 6.54. The fraction of sp³-hybridized carbons (Fsp3) is 0.0588. The van der Waals surface area contributed by atoms with Gasteiger partial charge in [0.25, 0.3) is 5.91 Å². The molecule has 0 unspecified atom stereocenters. The number of hydrogen-bond donors (Lipinski definition) is 1. The van der Waals surface area contributed by atoms with Gasteiger partial charge in [0.2, 0.25) is 0 Å². The summed E-state index contributed by atoms with van der Waals surface area (Å²) in [6.07, 6.45) is 1.87. The standard InChI is InChI=1S/C17H13NOS2/c1-11-5-7-13(8-6-11)14-4-2-3-12(9-14)10-15-16(19)18-17(20)21-15/h2-10H,1H3,(H,18,19,20)/b15-10-. The molecule has 0 radical (unpaired) electrons. The fourth-order valence-corrected chi connectivity index (χ4v) is 3.17. The zero-order chi connectivity index (χ0) is 14.8. The largest absolute Gasteiger partial charge is 0.307 e. The molecule has 0 atom stereocenters. The highest BCUT2D eigenvalue weighted by Crippen LogP contribution is 2.27. The number of thioether (sulfide) groups is 1. The molecule has 0 aliphatic carbocycles. The normalized spacial score (nSPS) is 16.3. The maximum atomic E-state index is 11.7. The van der Waals surface area contributed by atoms with Crippen LogP contribution in [-0.4, -0.2) is 10.2 Å². The number of aryl methyl sites for hydroxylation is 1. The first-order chi connectivity index (χ1) is 10.1. The van der Waals surface area contributed by atoms with Crippen molar-refractivity contribution in [3.63, 3.8) is 0 Å². The lowest BCUT2D eigenvalue weighted by atomic mass is 10.0. The number of benzene rings is 2. The minimum absolute atomic E-state index is 0.120. The van der Waals surface area contributed by atoms with Crippen molar-refractivity contribution in [2.24, 2.45) is 0 Å². The van der Waals surface area contributed by atoms with E-state index in [2.05, 4.69) is 48.6 Å². The topological polar surface area (TPSA) is 29.1 Å². The van der Waals surface area contributed by atoms with Crippen LogP contribution in [0.4, 0.5) is 0 Å². The molecule has 1 aliphatic heterocycles. The summed E-state index contributed by atoms with van der Waals surface area (Å²) in [4.78, 5) is 12.3. The number of nitrogens with one attached hydrogen (secondary N) is 1. The van der Waals surface area contributed by atoms with Crippen molar-refractivity contribution in [2.45, 2.75) is 6.92 Å². The van der Waals surface area contributed by atoms with Gasteiger partial charge in [-0.2, -0.15) is 0 Å². The van der Waals surface area contributed by atoms with E-state index in [-0.39, 0.29) is 5.91 Å². The van der Waals surface area contributed by atoms with Gasteiger partial charge in [0.05, 0.1) is 4.91 Å². The molecule has 1 aliphatic rings. The van der Waals surface area contributed by atoms with Crippen LogP contribution in [0.5, 0.6) is 0 Å². The summed E-state index contributed by atoms with van der Waals surface area (Å²) in [5.74, 6) is -0.120. The van der Waals surface area contributed by atoms with Gasteiger partial charge >= 0.3 is 0 Å². The Morgan fingerprint density at radius 3 is 2.52 bits per heavy atom. The van der Waals surface area contributed by atoms with E-state index >= 15 is 0 Å². The van der Waals surface area contributed by atoms with Gasteiger partial charge < -0.3 is 5.32 Å². The molecule has 2 aromatic rings. The van der Waals surface area contributed by atoms with E-state index in [0.29, 0.717) is 9.23 Å². The third kappa shape index (κ3) is 3.23. The highest BCUT2D eigenvalue weighted by Gasteiger charge is 2.21. The van der Waals surface area contributed by atoms with Crippen LogP contribution in [0, 0.1) is 6.92 Å². The summed E-state index contributed by atoms with van der Waals surface area (Å²) in [6, 6.07) is 16.5. The molecule has 2 aromatic carbocycles. The third-order valence-electron chi connectivity index (χ3n) is 3.21. The first kappa shape index (κ1) is 14.0. The van der Waals surface area contributed by atoms with E-state index in [1.165, 1.54) is 22.9 Å². The zero-order valence-corrected chi connectivity index (χ0v) is 13.1. The van der Waals surface area contributed by atoms with Crippen molar-refractivity contribution in [1.82, 2.24) is 5.32 Å². The lowest BCUT2D eigenvalue weighted by molar-refractivity contribution is -0.115. The summed E-state index contributed by atoms with van der Waals surface area (Å²) in [5, 5.41) is 2.63. The summed E-state index contributed by atoms with van der Waals surface area (Å²) in [7, 11) is 0. The number of amides is 1. The second kappa shape index (κ2) is 5.84. The van der Waals surface area contributed by atoms with Crippen LogP contribution >= 0.6 is 24.0 Å². The van der Waals surface area contributed by atoms with E-state index in [4.69, 9.17) is 12.2 Å². The number of carbonyl (C=O) groups excluding carboxylic acids is 1. The van der Waals surface area contributed by atoms with Gasteiger partial charge in [-0.1, -0.05) is 72.0 Å². The molecule has 0 aromatic heterocycles. The molecular formula is C17H13NOS2. The van der Waals surface area contributed by atoms with Crippen molar-refractivity contribution in [3.8, 4) is 11.1 Å². The van der Waals surface area contributed by atoms with E-state index in [0.717, 1.165) is 11.1 Å². The van der Waals surface area contributed by atoms with Crippen molar-refractivity contribution >= 4 is 40.3 Å². The van der Waals surface area contributed by atoms with Crippen LogP contribution in [0.2, 0.25) is 0 Å². The molecule has 1 N–H and O–H groups in total. The molecule has 3 rings (SSSR count). The molecule has 1 saturated heterocycles. The summed E-state index contributed by atoms with van der Waals surface area (Å²) in [5.41, 5.74) is 4.54. The second-order valence-corrected chi connectivity index (χ2v) is 6.56. The van der Waals surface area contributed by atoms with Gasteiger partial charge in [-0.3, -0.25) is 4.79 Å². The van der Waals surface area contributed by atoms with Gasteiger partial charge in [0.15, 0.2) is 0 Å². The minimum atomic E-state index is -0.120. The molecular weight excluding hydrogens is 298 g/mol. The lowest BCUT2D eigenvalue weighted by Gasteiger charge is -2.04. The molecule has 0 spiro atoms. The Morgan fingerprint density at radius 2 is 1.86 bits per heavy atom. The molecule has 104 valence electrons. The van der Waals surface area contributed by atoms with Crippen LogP contribution in [-0.2, 0) is 4.79 Å². The summed E-state index contributed by atoms with van der Waals surface area (Å²) < 4.78 is 0.515. The van der Waals surface area contributed by atoms with Gasteiger partial charge in [0, 0.05) is 0 Å². The summed E-state index contributed by atoms with van der Waals surface area (Å²) >= 11 is 6.30. The Balaban J connectivity index is 1.93. The predicted molar refractivity (Wildman–Crippen MR) is 92.9 cm³/mol. The monoisotopic (exact) mass is 311 g/mol. The van der Waals surface area contributed by atoms with Crippen LogP contribution in [0.3, 0.4) is 0 Å². The Hall–Kier alpha value is -1.91. The minimum Gasteiger partial charge on any atom is -0.307 e. The Morgan fingerprint density at radius 1 is 1.10 bits per heavy atom. The van der Waals surface area contributed by atoms with Crippen molar-refractivity contribution in [3.05, 3.63) is 64.6 Å². The maximum Gasteiger partial charge on any atom is 0.263 e. The molecule has 1 heterocycles. The van der Waals surface area contributed by atoms with Gasteiger partial charge in [-0.25, -0.2) is 0 Å². The molecule has 21 heavy (non-hydrogen) atoms. The SMILES string of the molecule is Cc1ccc(-c2cccc(/C=C3\SC(=S)NC3=O)c2)cc1. The summed E-state index contributed by atoms with van der Waals surface area (Å²) in [6.45, 7) is 2.07. The van der Waals surface area contributed by atoms with Crippen molar-refractivity contribution < 1.29 is 4.79 Å². The van der Waals surface area contributed by atoms with E-state index in [1.807, 2.05) is 18.2 Å². The van der Waals surface area contributed by atoms with Crippen LogP contribution in [0.15, 0.2) is 53.4 Å². The first-order valence-corrected chi connectivity index (χ1v) is 7.76. The third-order valence-corrected chi connectivity index (χ3v) is 4.37. The highest BCUT2D eigenvalue weighted by molar-refractivity contribution is 8.26. The molecule has 1 fully saturated rings. The Labute approximate surface area is 133 Å². The molecule has 2 nitrogen and oxygen atoms in total.